The van der Waals surface area contributed by atoms with Gasteiger partial charge in [-0.25, -0.2) is 13.2 Å². The number of hydrogen-bond acceptors (Lipinski definition) is 4. The van der Waals surface area contributed by atoms with Gasteiger partial charge in [0.1, 0.15) is 11.5 Å². The number of amides is 1. The first kappa shape index (κ1) is 20.5. The molecule has 4 rings (SSSR count). The molecule has 6 nitrogen and oxygen atoms in total. The molecule has 0 atom stereocenters. The van der Waals surface area contributed by atoms with Gasteiger partial charge >= 0.3 is 6.09 Å². The normalized spacial score (nSPS) is 18.4. The summed E-state index contributed by atoms with van der Waals surface area (Å²) in [5.41, 5.74) is 2.85. The molecule has 9 heteroatoms. The SMILES string of the molecule is Cc1cccc2c1N(C1CCN(S(=O)(=O)c3ccc(Cl)cc3Cl)CC1)C(=O)OC2. The molecule has 0 aromatic heterocycles. The van der Waals surface area contributed by atoms with Crippen LogP contribution in [0, 0.1) is 6.92 Å². The topological polar surface area (TPSA) is 66.9 Å². The number of sulfonamides is 1. The number of anilines is 1. The van der Waals surface area contributed by atoms with Gasteiger partial charge in [-0.2, -0.15) is 4.31 Å². The number of piperidine rings is 1. The molecule has 0 bridgehead atoms. The fourth-order valence-corrected chi connectivity index (χ4v) is 6.19. The van der Waals surface area contributed by atoms with Gasteiger partial charge in [0.05, 0.1) is 10.7 Å². The van der Waals surface area contributed by atoms with Crippen LogP contribution >= 0.6 is 23.2 Å². The van der Waals surface area contributed by atoms with Crippen molar-refractivity contribution in [1.29, 1.82) is 0 Å². The third-order valence-corrected chi connectivity index (χ3v) is 8.03. The molecule has 1 saturated heterocycles. The molecule has 154 valence electrons. The van der Waals surface area contributed by atoms with Crippen LogP contribution in [0.3, 0.4) is 0 Å². The Morgan fingerprint density at radius 1 is 1.10 bits per heavy atom. The van der Waals surface area contributed by atoms with Gasteiger partial charge in [-0.05, 0) is 43.5 Å². The average molecular weight is 455 g/mol. The molecule has 29 heavy (non-hydrogen) atoms. The third-order valence-electron chi connectivity index (χ3n) is 5.41. The highest BCUT2D eigenvalue weighted by Gasteiger charge is 2.38. The summed E-state index contributed by atoms with van der Waals surface area (Å²) in [5.74, 6) is 0. The van der Waals surface area contributed by atoms with Crippen LogP contribution in [0.4, 0.5) is 10.5 Å². The Labute approximate surface area is 180 Å². The van der Waals surface area contributed by atoms with Crippen molar-refractivity contribution in [2.24, 2.45) is 0 Å². The van der Waals surface area contributed by atoms with Crippen LogP contribution in [0.5, 0.6) is 0 Å². The molecular formula is C20H20Cl2N2O4S. The Morgan fingerprint density at radius 3 is 2.52 bits per heavy atom. The summed E-state index contributed by atoms with van der Waals surface area (Å²) < 4.78 is 32.8. The second-order valence-electron chi connectivity index (χ2n) is 7.22. The average Bonchev–Trinajstić information content (AvgIpc) is 2.68. The minimum absolute atomic E-state index is 0.0422. The van der Waals surface area contributed by atoms with Gasteiger partial charge in [-0.3, -0.25) is 4.90 Å². The smallest absolute Gasteiger partial charge is 0.414 e. The van der Waals surface area contributed by atoms with Crippen LogP contribution in [-0.2, 0) is 21.4 Å². The minimum Gasteiger partial charge on any atom is -0.444 e. The second kappa shape index (κ2) is 7.80. The number of para-hydroxylation sites is 1. The van der Waals surface area contributed by atoms with Crippen LogP contribution < -0.4 is 4.90 Å². The number of rotatable bonds is 3. The van der Waals surface area contributed by atoms with Gasteiger partial charge in [-0.1, -0.05) is 41.4 Å². The summed E-state index contributed by atoms with van der Waals surface area (Å²) in [5, 5.41) is 0.481. The summed E-state index contributed by atoms with van der Waals surface area (Å²) in [7, 11) is -3.74. The highest BCUT2D eigenvalue weighted by Crippen LogP contribution is 2.36. The first-order valence-electron chi connectivity index (χ1n) is 9.28. The maximum absolute atomic E-state index is 13.0. The van der Waals surface area contributed by atoms with Gasteiger partial charge in [-0.15, -0.1) is 0 Å². The monoisotopic (exact) mass is 454 g/mol. The number of carbonyl (C=O) groups excluding carboxylic acids is 1. The number of fused-ring (bicyclic) bond motifs is 1. The first-order chi connectivity index (χ1) is 13.8. The number of benzene rings is 2. The van der Waals surface area contributed by atoms with E-state index in [4.69, 9.17) is 27.9 Å². The van der Waals surface area contributed by atoms with Crippen molar-refractivity contribution >= 4 is 45.0 Å². The number of ether oxygens (including phenoxy) is 1. The fourth-order valence-electron chi connectivity index (χ4n) is 3.98. The molecule has 2 aromatic rings. The molecule has 1 amide bonds. The molecule has 0 aliphatic carbocycles. The Morgan fingerprint density at radius 2 is 1.83 bits per heavy atom. The lowest BCUT2D eigenvalue weighted by atomic mass is 10.00. The standard InChI is InChI=1S/C20H20Cl2N2O4S/c1-13-3-2-4-14-12-28-20(25)24(19(13)14)16-7-9-23(10-8-16)29(26,27)18-6-5-15(21)11-17(18)22/h2-6,11,16H,7-10,12H2,1H3. The summed E-state index contributed by atoms with van der Waals surface area (Å²) >= 11 is 12.0. The molecule has 1 fully saturated rings. The zero-order valence-corrected chi connectivity index (χ0v) is 18.1. The number of nitrogens with zero attached hydrogens (tertiary/aromatic N) is 2. The van der Waals surface area contributed by atoms with Gasteiger partial charge < -0.3 is 4.74 Å². The van der Waals surface area contributed by atoms with Crippen molar-refractivity contribution in [2.45, 2.75) is 37.3 Å². The van der Waals surface area contributed by atoms with Gasteiger partial charge in [0.2, 0.25) is 10.0 Å². The molecule has 0 radical (unpaired) electrons. The van der Waals surface area contributed by atoms with Gasteiger partial charge in [0.15, 0.2) is 0 Å². The van der Waals surface area contributed by atoms with Crippen LogP contribution in [0.15, 0.2) is 41.3 Å². The number of carbonyl (C=O) groups is 1. The summed E-state index contributed by atoms with van der Waals surface area (Å²) in [4.78, 5) is 14.3. The lowest BCUT2D eigenvalue weighted by molar-refractivity contribution is 0.135. The van der Waals surface area contributed by atoms with E-state index >= 15 is 0 Å². The van der Waals surface area contributed by atoms with Crippen molar-refractivity contribution in [3.05, 3.63) is 57.6 Å². The summed E-state index contributed by atoms with van der Waals surface area (Å²) in [6.07, 6.45) is 0.634. The Kier molecular flexibility index (Phi) is 5.50. The van der Waals surface area contributed by atoms with E-state index in [0.29, 0.717) is 17.9 Å². The van der Waals surface area contributed by atoms with E-state index in [9.17, 15) is 13.2 Å². The van der Waals surface area contributed by atoms with Crippen molar-refractivity contribution in [1.82, 2.24) is 4.31 Å². The molecule has 2 heterocycles. The number of hydrogen-bond donors (Lipinski definition) is 0. The van der Waals surface area contributed by atoms with Gasteiger partial charge in [0, 0.05) is 29.7 Å². The molecule has 2 aliphatic heterocycles. The molecule has 2 aromatic carbocycles. The van der Waals surface area contributed by atoms with Crippen molar-refractivity contribution in [3.8, 4) is 0 Å². The van der Waals surface area contributed by atoms with E-state index in [0.717, 1.165) is 16.8 Å². The zero-order valence-electron chi connectivity index (χ0n) is 15.8. The lowest BCUT2D eigenvalue weighted by Crippen LogP contribution is -2.50. The molecule has 0 unspecified atom stereocenters. The number of halogens is 2. The Hall–Kier alpha value is -1.80. The van der Waals surface area contributed by atoms with E-state index in [-0.39, 0.29) is 41.7 Å². The summed E-state index contributed by atoms with van der Waals surface area (Å²) in [6.45, 7) is 2.80. The third kappa shape index (κ3) is 3.72. The maximum Gasteiger partial charge on any atom is 0.414 e. The number of cyclic esters (lactones) is 1. The van der Waals surface area contributed by atoms with E-state index in [1.807, 2.05) is 25.1 Å². The van der Waals surface area contributed by atoms with Crippen molar-refractivity contribution in [3.63, 3.8) is 0 Å². The second-order valence-corrected chi connectivity index (χ2v) is 9.97. The maximum atomic E-state index is 13.0. The largest absolute Gasteiger partial charge is 0.444 e. The zero-order chi connectivity index (χ0) is 20.8. The Balaban J connectivity index is 1.55. The van der Waals surface area contributed by atoms with Crippen LogP contribution in [0.25, 0.3) is 0 Å². The van der Waals surface area contributed by atoms with Crippen LogP contribution in [0.2, 0.25) is 10.0 Å². The minimum atomic E-state index is -3.74. The quantitative estimate of drug-likeness (QED) is 0.678. The number of aryl methyl sites for hydroxylation is 1. The molecule has 2 aliphatic rings. The van der Waals surface area contributed by atoms with E-state index in [2.05, 4.69) is 0 Å². The van der Waals surface area contributed by atoms with E-state index < -0.39 is 10.0 Å². The summed E-state index contributed by atoms with van der Waals surface area (Å²) in [6, 6.07) is 10.1. The molecule has 0 N–H and O–H groups in total. The molecule has 0 saturated carbocycles. The molecule has 0 spiro atoms. The van der Waals surface area contributed by atoms with E-state index in [1.54, 1.807) is 4.90 Å². The van der Waals surface area contributed by atoms with Crippen LogP contribution in [-0.4, -0.2) is 37.9 Å². The highest BCUT2D eigenvalue weighted by atomic mass is 35.5. The van der Waals surface area contributed by atoms with Crippen LogP contribution in [0.1, 0.15) is 24.0 Å². The van der Waals surface area contributed by atoms with Crippen molar-refractivity contribution < 1.29 is 17.9 Å². The van der Waals surface area contributed by atoms with Crippen molar-refractivity contribution in [2.75, 3.05) is 18.0 Å². The fraction of sp³-hybridized carbons (Fsp3) is 0.350. The predicted molar refractivity (Wildman–Crippen MR) is 112 cm³/mol. The van der Waals surface area contributed by atoms with Gasteiger partial charge in [0.25, 0.3) is 0 Å². The highest BCUT2D eigenvalue weighted by molar-refractivity contribution is 7.89. The molecular weight excluding hydrogens is 435 g/mol. The van der Waals surface area contributed by atoms with E-state index in [1.165, 1.54) is 22.5 Å². The first-order valence-corrected chi connectivity index (χ1v) is 11.5. The predicted octanol–water partition coefficient (Wildman–Crippen LogP) is 4.61. The Bertz CT molecular complexity index is 1070. The lowest BCUT2D eigenvalue weighted by Gasteiger charge is -2.40.